The van der Waals surface area contributed by atoms with Crippen LogP contribution in [0.15, 0.2) is 35.0 Å². The van der Waals surface area contributed by atoms with Crippen LogP contribution in [-0.2, 0) is 4.79 Å². The van der Waals surface area contributed by atoms with Crippen molar-refractivity contribution in [3.8, 4) is 23.3 Å². The number of thioether (sulfide) groups is 1. The van der Waals surface area contributed by atoms with Gasteiger partial charge in [-0.3, -0.25) is 10.1 Å². The van der Waals surface area contributed by atoms with Crippen LogP contribution in [0.2, 0.25) is 0 Å². The van der Waals surface area contributed by atoms with Crippen molar-refractivity contribution in [2.45, 2.75) is 19.0 Å². The minimum Gasteiger partial charge on any atom is -0.497 e. The molecule has 0 radical (unpaired) electrons. The summed E-state index contributed by atoms with van der Waals surface area (Å²) in [6.45, 7) is 3.86. The van der Waals surface area contributed by atoms with Gasteiger partial charge in [-0.1, -0.05) is 11.8 Å². The summed E-state index contributed by atoms with van der Waals surface area (Å²) in [4.78, 5) is 16.8. The molecule has 8 nitrogen and oxygen atoms in total. The molecule has 0 saturated carbocycles. The first-order chi connectivity index (χ1) is 14.9. The van der Waals surface area contributed by atoms with E-state index in [4.69, 9.17) is 9.47 Å². The Hall–Kier alpha value is -3.29. The van der Waals surface area contributed by atoms with Gasteiger partial charge in [-0.15, -0.1) is 0 Å². The van der Waals surface area contributed by atoms with Crippen LogP contribution in [0.25, 0.3) is 11.8 Å². The fourth-order valence-electron chi connectivity index (χ4n) is 3.09. The predicted molar refractivity (Wildman–Crippen MR) is 122 cm³/mol. The van der Waals surface area contributed by atoms with Gasteiger partial charge in [0.2, 0.25) is 10.3 Å². The van der Waals surface area contributed by atoms with E-state index in [1.54, 1.807) is 20.3 Å². The minimum atomic E-state index is -0.532. The average Bonchev–Trinajstić information content (AvgIpc) is 3.34. The number of nitrogens with zero attached hydrogens (tertiary/aromatic N) is 4. The summed E-state index contributed by atoms with van der Waals surface area (Å²) in [7, 11) is 3.21. The monoisotopic (exact) mass is 455 g/mol. The van der Waals surface area contributed by atoms with Crippen molar-refractivity contribution in [2.24, 2.45) is 0 Å². The first kappa shape index (κ1) is 22.4. The number of amides is 1. The van der Waals surface area contributed by atoms with Crippen LogP contribution >= 0.6 is 23.3 Å². The van der Waals surface area contributed by atoms with E-state index in [0.29, 0.717) is 21.8 Å². The Morgan fingerprint density at radius 3 is 2.68 bits per heavy atom. The van der Waals surface area contributed by atoms with Gasteiger partial charge in [0.15, 0.2) is 0 Å². The Balaban J connectivity index is 1.98. The molecule has 0 unspecified atom stereocenters. The van der Waals surface area contributed by atoms with Gasteiger partial charge in [0.05, 0.1) is 19.9 Å². The molecule has 3 rings (SSSR count). The number of aromatic nitrogens is 3. The third kappa shape index (κ3) is 4.73. The quantitative estimate of drug-likeness (QED) is 0.323. The summed E-state index contributed by atoms with van der Waals surface area (Å²) >= 11 is 2.45. The third-order valence-electron chi connectivity index (χ3n) is 4.57. The van der Waals surface area contributed by atoms with Gasteiger partial charge in [-0.2, -0.15) is 14.6 Å². The van der Waals surface area contributed by atoms with Crippen molar-refractivity contribution < 1.29 is 14.3 Å². The summed E-state index contributed by atoms with van der Waals surface area (Å²) < 4.78 is 17.0. The van der Waals surface area contributed by atoms with Crippen LogP contribution in [0.4, 0.5) is 5.13 Å². The van der Waals surface area contributed by atoms with Crippen molar-refractivity contribution in [3.63, 3.8) is 0 Å². The highest BCUT2D eigenvalue weighted by Gasteiger charge is 2.17. The summed E-state index contributed by atoms with van der Waals surface area (Å²) in [6, 6.07) is 9.42. The van der Waals surface area contributed by atoms with Crippen LogP contribution < -0.4 is 14.8 Å². The molecule has 31 heavy (non-hydrogen) atoms. The first-order valence-corrected chi connectivity index (χ1v) is 11.1. The second-order valence-electron chi connectivity index (χ2n) is 6.41. The molecule has 160 valence electrons. The third-order valence-corrected chi connectivity index (χ3v) is 5.87. The molecule has 0 aliphatic rings. The number of hydrogen-bond donors (Lipinski definition) is 1. The van der Waals surface area contributed by atoms with Crippen molar-refractivity contribution in [1.82, 2.24) is 13.9 Å². The fourth-order valence-corrected chi connectivity index (χ4v) is 4.21. The van der Waals surface area contributed by atoms with Gasteiger partial charge in [0.25, 0.3) is 5.91 Å². The van der Waals surface area contributed by atoms with Gasteiger partial charge in [-0.25, -0.2) is 0 Å². The largest absolute Gasteiger partial charge is 0.497 e. The highest BCUT2D eigenvalue weighted by molar-refractivity contribution is 7.98. The molecular weight excluding hydrogens is 434 g/mol. The molecule has 1 aromatic carbocycles. The van der Waals surface area contributed by atoms with Crippen molar-refractivity contribution in [2.75, 3.05) is 25.8 Å². The molecular formula is C21H21N5O3S2. The zero-order valence-electron chi connectivity index (χ0n) is 17.7. The Morgan fingerprint density at radius 1 is 1.29 bits per heavy atom. The molecule has 2 aromatic heterocycles. The standard InChI is InChI=1S/C21H21N5O3S2/c1-12-8-14(9-15(11-22)19(27)23-20-24-21(30-5)25-31-20)13(2)26(12)17-10-16(28-3)6-7-18(17)29-4/h6-10H,1-5H3,(H,23,24,25,27). The number of benzene rings is 1. The number of nitriles is 1. The van der Waals surface area contributed by atoms with Crippen LogP contribution in [0.5, 0.6) is 11.5 Å². The zero-order valence-corrected chi connectivity index (χ0v) is 19.3. The number of hydrogen-bond acceptors (Lipinski definition) is 8. The first-order valence-electron chi connectivity index (χ1n) is 9.14. The van der Waals surface area contributed by atoms with E-state index in [1.165, 1.54) is 11.8 Å². The lowest BCUT2D eigenvalue weighted by Gasteiger charge is -2.15. The van der Waals surface area contributed by atoms with Gasteiger partial charge in [0.1, 0.15) is 23.1 Å². The summed E-state index contributed by atoms with van der Waals surface area (Å²) in [5.41, 5.74) is 3.29. The molecule has 3 aromatic rings. The Bertz CT molecular complexity index is 1190. The van der Waals surface area contributed by atoms with E-state index < -0.39 is 5.91 Å². The number of ether oxygens (including phenoxy) is 2. The highest BCUT2D eigenvalue weighted by Crippen LogP contribution is 2.32. The van der Waals surface area contributed by atoms with Crippen LogP contribution in [0.3, 0.4) is 0 Å². The number of anilines is 1. The van der Waals surface area contributed by atoms with Crippen LogP contribution in [-0.4, -0.2) is 40.3 Å². The molecule has 0 bridgehead atoms. The molecule has 0 spiro atoms. The second-order valence-corrected chi connectivity index (χ2v) is 7.94. The number of aryl methyl sites for hydroxylation is 1. The van der Waals surface area contributed by atoms with Crippen molar-refractivity contribution in [1.29, 1.82) is 5.26 Å². The molecule has 1 amide bonds. The maximum atomic E-state index is 12.6. The Labute approximate surface area is 188 Å². The summed E-state index contributed by atoms with van der Waals surface area (Å²) in [5.74, 6) is 0.839. The SMILES string of the molecule is COc1ccc(OC)c(-n2c(C)cc(C=C(C#N)C(=O)Nc3nc(SC)ns3)c2C)c1. The molecule has 1 N–H and O–H groups in total. The fraction of sp³-hybridized carbons (Fsp3) is 0.238. The van der Waals surface area contributed by atoms with E-state index in [1.807, 2.05) is 55.0 Å². The van der Waals surface area contributed by atoms with Crippen molar-refractivity contribution >= 4 is 40.4 Å². The van der Waals surface area contributed by atoms with E-state index in [2.05, 4.69) is 14.7 Å². The number of carbonyl (C=O) groups is 1. The normalized spacial score (nSPS) is 11.2. The average molecular weight is 456 g/mol. The Morgan fingerprint density at radius 2 is 2.06 bits per heavy atom. The van der Waals surface area contributed by atoms with Gasteiger partial charge < -0.3 is 14.0 Å². The van der Waals surface area contributed by atoms with Crippen LogP contribution in [0, 0.1) is 25.2 Å². The highest BCUT2D eigenvalue weighted by atomic mass is 32.2. The molecule has 0 saturated heterocycles. The van der Waals surface area contributed by atoms with Crippen LogP contribution in [0.1, 0.15) is 17.0 Å². The lowest BCUT2D eigenvalue weighted by Crippen LogP contribution is -2.13. The number of nitrogens with one attached hydrogen (secondary N) is 1. The van der Waals surface area contributed by atoms with E-state index in [0.717, 1.165) is 34.2 Å². The summed E-state index contributed by atoms with van der Waals surface area (Å²) in [6.07, 6.45) is 3.42. The zero-order chi connectivity index (χ0) is 22.5. The van der Waals surface area contributed by atoms with Gasteiger partial charge >= 0.3 is 0 Å². The predicted octanol–water partition coefficient (Wildman–Crippen LogP) is 4.23. The van der Waals surface area contributed by atoms with E-state index in [9.17, 15) is 10.1 Å². The van der Waals surface area contributed by atoms with E-state index >= 15 is 0 Å². The smallest absolute Gasteiger partial charge is 0.268 e. The molecule has 0 atom stereocenters. The maximum Gasteiger partial charge on any atom is 0.268 e. The molecule has 10 heteroatoms. The maximum absolute atomic E-state index is 12.6. The minimum absolute atomic E-state index is 0.0289. The molecule has 2 heterocycles. The van der Waals surface area contributed by atoms with E-state index in [-0.39, 0.29) is 5.57 Å². The number of methoxy groups -OCH3 is 2. The second kappa shape index (κ2) is 9.68. The van der Waals surface area contributed by atoms with Gasteiger partial charge in [-0.05, 0) is 49.9 Å². The summed E-state index contributed by atoms with van der Waals surface area (Å²) in [5, 5.41) is 13.1. The molecule has 0 fully saturated rings. The lowest BCUT2D eigenvalue weighted by molar-refractivity contribution is -0.112. The Kier molecular flexibility index (Phi) is 6.99. The van der Waals surface area contributed by atoms with Gasteiger partial charge in [0, 0.05) is 29.0 Å². The van der Waals surface area contributed by atoms with Crippen molar-refractivity contribution in [3.05, 3.63) is 46.8 Å². The lowest BCUT2D eigenvalue weighted by atomic mass is 10.1. The topological polar surface area (TPSA) is 102 Å². The number of rotatable bonds is 7. The molecule has 0 aliphatic carbocycles. The number of carbonyl (C=O) groups excluding carboxylic acids is 1. The molecule has 0 aliphatic heterocycles.